The Labute approximate surface area is 137 Å². The van der Waals surface area contributed by atoms with Gasteiger partial charge < -0.3 is 10.5 Å². The van der Waals surface area contributed by atoms with Crippen LogP contribution in [0, 0.1) is 13.8 Å². The van der Waals surface area contributed by atoms with Crippen LogP contribution in [0.1, 0.15) is 11.1 Å². The Bertz CT molecular complexity index is 695. The molecule has 1 aliphatic rings. The zero-order chi connectivity index (χ0) is 17.2. The number of hydrogen-bond acceptors (Lipinski definition) is 5. The molecule has 1 saturated heterocycles. The smallest absolute Gasteiger partial charge is 0.243 e. The zero-order valence-electron chi connectivity index (χ0n) is 13.7. The fourth-order valence-corrected chi connectivity index (χ4v) is 4.46. The van der Waals surface area contributed by atoms with Gasteiger partial charge >= 0.3 is 0 Å². The maximum Gasteiger partial charge on any atom is 0.243 e. The Morgan fingerprint density at radius 1 is 1.17 bits per heavy atom. The molecule has 0 unspecified atom stereocenters. The van der Waals surface area contributed by atoms with Gasteiger partial charge in [0.1, 0.15) is 5.75 Å². The number of amides is 1. The first kappa shape index (κ1) is 17.7. The third-order valence-electron chi connectivity index (χ3n) is 4.02. The molecule has 0 saturated carbocycles. The average Bonchev–Trinajstić information content (AvgIpc) is 2.49. The number of sulfonamides is 1. The number of hydrogen-bond donors (Lipinski definition) is 1. The van der Waals surface area contributed by atoms with Crippen LogP contribution in [-0.4, -0.2) is 63.4 Å². The predicted octanol–water partition coefficient (Wildman–Crippen LogP) is 0.104. The van der Waals surface area contributed by atoms with Crippen molar-refractivity contribution in [3.8, 4) is 5.75 Å². The summed E-state index contributed by atoms with van der Waals surface area (Å²) in [7, 11) is -1.99. The standard InChI is InChI=1S/C15H23N3O4S/c1-11-9-14(12(2)8-13(11)22-3)23(20,21)18-6-4-17(5-7-18)10-15(16)19/h8-9H,4-7,10H2,1-3H3,(H2,16,19). The van der Waals surface area contributed by atoms with Crippen molar-refractivity contribution < 1.29 is 17.9 Å². The minimum Gasteiger partial charge on any atom is -0.496 e. The molecule has 8 heteroatoms. The number of piperazine rings is 1. The lowest BCUT2D eigenvalue weighted by molar-refractivity contribution is -0.119. The number of carbonyl (C=O) groups excluding carboxylic acids is 1. The second-order valence-electron chi connectivity index (χ2n) is 5.73. The van der Waals surface area contributed by atoms with Crippen molar-refractivity contribution in [1.82, 2.24) is 9.21 Å². The molecular formula is C15H23N3O4S. The lowest BCUT2D eigenvalue weighted by Crippen LogP contribution is -2.50. The van der Waals surface area contributed by atoms with Crippen LogP contribution in [0.3, 0.4) is 0 Å². The van der Waals surface area contributed by atoms with Gasteiger partial charge in [-0.05, 0) is 37.1 Å². The molecule has 23 heavy (non-hydrogen) atoms. The highest BCUT2D eigenvalue weighted by Crippen LogP contribution is 2.28. The van der Waals surface area contributed by atoms with Gasteiger partial charge in [-0.2, -0.15) is 4.31 Å². The molecule has 2 rings (SSSR count). The number of ether oxygens (including phenoxy) is 1. The molecule has 1 aliphatic heterocycles. The van der Waals surface area contributed by atoms with E-state index in [0.29, 0.717) is 42.4 Å². The molecule has 1 aromatic carbocycles. The van der Waals surface area contributed by atoms with Crippen LogP contribution < -0.4 is 10.5 Å². The fourth-order valence-electron chi connectivity index (χ4n) is 2.75. The first-order chi connectivity index (χ1) is 10.8. The van der Waals surface area contributed by atoms with E-state index in [1.54, 1.807) is 26.2 Å². The number of nitrogens with zero attached hydrogens (tertiary/aromatic N) is 2. The molecule has 0 aromatic heterocycles. The summed E-state index contributed by atoms with van der Waals surface area (Å²) in [4.78, 5) is 13.1. The number of nitrogens with two attached hydrogens (primary N) is 1. The number of aryl methyl sites for hydroxylation is 2. The highest BCUT2D eigenvalue weighted by atomic mass is 32.2. The minimum absolute atomic E-state index is 0.161. The number of methoxy groups -OCH3 is 1. The SMILES string of the molecule is COc1cc(C)c(S(=O)(=O)N2CCN(CC(N)=O)CC2)cc1C. The van der Waals surface area contributed by atoms with Crippen molar-refractivity contribution in [2.75, 3.05) is 39.8 Å². The Hall–Kier alpha value is -1.64. The monoisotopic (exact) mass is 341 g/mol. The molecule has 0 spiro atoms. The molecule has 128 valence electrons. The molecule has 7 nitrogen and oxygen atoms in total. The predicted molar refractivity (Wildman–Crippen MR) is 86.9 cm³/mol. The van der Waals surface area contributed by atoms with Gasteiger partial charge in [0.2, 0.25) is 15.9 Å². The van der Waals surface area contributed by atoms with E-state index in [1.165, 1.54) is 4.31 Å². The molecule has 0 atom stereocenters. The van der Waals surface area contributed by atoms with E-state index < -0.39 is 15.9 Å². The minimum atomic E-state index is -3.56. The van der Waals surface area contributed by atoms with E-state index in [2.05, 4.69) is 0 Å². The van der Waals surface area contributed by atoms with Crippen LogP contribution in [0.25, 0.3) is 0 Å². The van der Waals surface area contributed by atoms with Gasteiger partial charge in [-0.25, -0.2) is 8.42 Å². The summed E-state index contributed by atoms with van der Waals surface area (Å²) in [5.74, 6) is 0.274. The van der Waals surface area contributed by atoms with Crippen molar-refractivity contribution in [2.24, 2.45) is 5.73 Å². The van der Waals surface area contributed by atoms with Gasteiger partial charge in [-0.3, -0.25) is 9.69 Å². The van der Waals surface area contributed by atoms with E-state index in [-0.39, 0.29) is 6.54 Å². The summed E-state index contributed by atoms with van der Waals surface area (Å²) < 4.78 is 32.4. The molecule has 1 fully saturated rings. The fraction of sp³-hybridized carbons (Fsp3) is 0.533. The van der Waals surface area contributed by atoms with Crippen LogP contribution >= 0.6 is 0 Å². The quantitative estimate of drug-likeness (QED) is 0.820. The van der Waals surface area contributed by atoms with Crippen LogP contribution in [0.4, 0.5) is 0 Å². The van der Waals surface area contributed by atoms with Crippen molar-refractivity contribution in [3.63, 3.8) is 0 Å². The molecule has 1 heterocycles. The maximum atomic E-state index is 12.9. The van der Waals surface area contributed by atoms with Gasteiger partial charge in [0, 0.05) is 26.2 Å². The van der Waals surface area contributed by atoms with Gasteiger partial charge in [0.25, 0.3) is 0 Å². The van der Waals surface area contributed by atoms with Crippen LogP contribution in [0.5, 0.6) is 5.75 Å². The molecular weight excluding hydrogens is 318 g/mol. The number of primary amides is 1. The normalized spacial score (nSPS) is 17.2. The maximum absolute atomic E-state index is 12.9. The summed E-state index contributed by atoms with van der Waals surface area (Å²) >= 11 is 0. The third-order valence-corrected chi connectivity index (χ3v) is 6.06. The van der Waals surface area contributed by atoms with Crippen LogP contribution in [0.2, 0.25) is 0 Å². The Morgan fingerprint density at radius 3 is 2.30 bits per heavy atom. The summed E-state index contributed by atoms with van der Waals surface area (Å²) in [6, 6.07) is 3.39. The Morgan fingerprint density at radius 2 is 1.78 bits per heavy atom. The van der Waals surface area contributed by atoms with E-state index in [1.807, 2.05) is 11.8 Å². The van der Waals surface area contributed by atoms with E-state index >= 15 is 0 Å². The van der Waals surface area contributed by atoms with Gasteiger partial charge in [0.15, 0.2) is 0 Å². The first-order valence-corrected chi connectivity index (χ1v) is 8.85. The molecule has 2 N–H and O–H groups in total. The summed E-state index contributed by atoms with van der Waals surface area (Å²) in [5.41, 5.74) is 6.62. The summed E-state index contributed by atoms with van der Waals surface area (Å²) in [6.07, 6.45) is 0. The molecule has 1 amide bonds. The van der Waals surface area contributed by atoms with Crippen molar-refractivity contribution >= 4 is 15.9 Å². The topological polar surface area (TPSA) is 92.9 Å². The molecule has 0 bridgehead atoms. The van der Waals surface area contributed by atoms with E-state index in [4.69, 9.17) is 10.5 Å². The lowest BCUT2D eigenvalue weighted by Gasteiger charge is -2.33. The molecule has 1 aromatic rings. The summed E-state index contributed by atoms with van der Waals surface area (Å²) in [6.45, 7) is 5.43. The zero-order valence-corrected chi connectivity index (χ0v) is 14.5. The highest BCUT2D eigenvalue weighted by molar-refractivity contribution is 7.89. The van der Waals surface area contributed by atoms with E-state index in [9.17, 15) is 13.2 Å². The third kappa shape index (κ3) is 3.82. The second kappa shape index (κ2) is 6.86. The van der Waals surface area contributed by atoms with Crippen molar-refractivity contribution in [3.05, 3.63) is 23.3 Å². The lowest BCUT2D eigenvalue weighted by atomic mass is 10.1. The van der Waals surface area contributed by atoms with Gasteiger partial charge in [0.05, 0.1) is 18.6 Å². The number of benzene rings is 1. The van der Waals surface area contributed by atoms with Crippen LogP contribution in [0.15, 0.2) is 17.0 Å². The second-order valence-corrected chi connectivity index (χ2v) is 7.64. The van der Waals surface area contributed by atoms with Crippen molar-refractivity contribution in [1.29, 1.82) is 0 Å². The highest BCUT2D eigenvalue weighted by Gasteiger charge is 2.30. The Kier molecular flexibility index (Phi) is 5.28. The summed E-state index contributed by atoms with van der Waals surface area (Å²) in [5, 5.41) is 0. The van der Waals surface area contributed by atoms with Crippen LogP contribution in [-0.2, 0) is 14.8 Å². The van der Waals surface area contributed by atoms with Crippen molar-refractivity contribution in [2.45, 2.75) is 18.7 Å². The molecule has 0 aliphatic carbocycles. The number of carbonyl (C=O) groups is 1. The van der Waals surface area contributed by atoms with Gasteiger partial charge in [-0.15, -0.1) is 0 Å². The Balaban J connectivity index is 2.20. The number of rotatable bonds is 5. The largest absolute Gasteiger partial charge is 0.496 e. The first-order valence-electron chi connectivity index (χ1n) is 7.41. The average molecular weight is 341 g/mol. The molecule has 0 radical (unpaired) electrons. The van der Waals surface area contributed by atoms with E-state index in [0.717, 1.165) is 5.56 Å². The van der Waals surface area contributed by atoms with Gasteiger partial charge in [-0.1, -0.05) is 0 Å².